The summed E-state index contributed by atoms with van der Waals surface area (Å²) in [5.74, 6) is 0.496. The average Bonchev–Trinajstić information content (AvgIpc) is 2.57. The molecule has 2 aliphatic heterocycles. The minimum atomic E-state index is -0.593. The van der Waals surface area contributed by atoms with Crippen LogP contribution in [0.15, 0.2) is 4.99 Å². The molecule has 1 atom stereocenters. The highest BCUT2D eigenvalue weighted by Crippen LogP contribution is 2.22. The van der Waals surface area contributed by atoms with Crippen LogP contribution in [-0.4, -0.2) is 50.9 Å². The van der Waals surface area contributed by atoms with E-state index in [2.05, 4.69) is 15.6 Å². The third kappa shape index (κ3) is 2.17. The zero-order valence-corrected chi connectivity index (χ0v) is 9.41. The molecule has 0 bridgehead atoms. The molecule has 16 heavy (non-hydrogen) atoms. The molecule has 1 unspecified atom stereocenters. The van der Waals surface area contributed by atoms with E-state index in [1.807, 2.05) is 0 Å². The normalized spacial score (nSPS) is 31.8. The van der Waals surface area contributed by atoms with Crippen LogP contribution in [0.5, 0.6) is 0 Å². The number of hydrogen-bond donors (Lipinski definition) is 2. The van der Waals surface area contributed by atoms with Gasteiger partial charge in [0, 0.05) is 13.7 Å². The van der Waals surface area contributed by atoms with Crippen molar-refractivity contribution < 1.29 is 14.3 Å². The van der Waals surface area contributed by atoms with E-state index in [9.17, 15) is 4.79 Å². The summed E-state index contributed by atoms with van der Waals surface area (Å²) < 4.78 is 10.2. The molecule has 6 heteroatoms. The summed E-state index contributed by atoms with van der Waals surface area (Å²) >= 11 is 0. The molecule has 0 aromatic rings. The second kappa shape index (κ2) is 4.80. The summed E-state index contributed by atoms with van der Waals surface area (Å²) in [5, 5.41) is 5.86. The second-order valence-corrected chi connectivity index (χ2v) is 4.04. The summed E-state index contributed by atoms with van der Waals surface area (Å²) in [6.07, 6.45) is 1.69. The first-order valence-electron chi connectivity index (χ1n) is 5.48. The van der Waals surface area contributed by atoms with E-state index in [0.29, 0.717) is 25.7 Å². The van der Waals surface area contributed by atoms with E-state index in [4.69, 9.17) is 9.47 Å². The van der Waals surface area contributed by atoms with Gasteiger partial charge in [-0.25, -0.2) is 0 Å². The fourth-order valence-corrected chi connectivity index (χ4v) is 1.94. The zero-order valence-electron chi connectivity index (χ0n) is 9.41. The van der Waals surface area contributed by atoms with Gasteiger partial charge >= 0.3 is 0 Å². The van der Waals surface area contributed by atoms with Crippen LogP contribution in [0.3, 0.4) is 0 Å². The van der Waals surface area contributed by atoms with Gasteiger partial charge in [0.25, 0.3) is 5.91 Å². The van der Waals surface area contributed by atoms with Crippen molar-refractivity contribution in [2.45, 2.75) is 18.4 Å². The molecule has 0 aliphatic carbocycles. The van der Waals surface area contributed by atoms with Crippen LogP contribution in [0.2, 0.25) is 0 Å². The van der Waals surface area contributed by atoms with Gasteiger partial charge < -0.3 is 14.8 Å². The lowest BCUT2D eigenvalue weighted by Crippen LogP contribution is -2.53. The Bertz CT molecular complexity index is 298. The van der Waals surface area contributed by atoms with Crippen LogP contribution >= 0.6 is 0 Å². The van der Waals surface area contributed by atoms with Crippen LogP contribution in [0.25, 0.3) is 0 Å². The molecule has 1 amide bonds. The van der Waals surface area contributed by atoms with Gasteiger partial charge in [0.15, 0.2) is 5.96 Å². The predicted molar refractivity (Wildman–Crippen MR) is 58.2 cm³/mol. The highest BCUT2D eigenvalue weighted by molar-refractivity contribution is 6.09. The van der Waals surface area contributed by atoms with Crippen molar-refractivity contribution in [1.82, 2.24) is 10.6 Å². The molecule has 2 saturated heterocycles. The van der Waals surface area contributed by atoms with Crippen LogP contribution in [0.1, 0.15) is 12.8 Å². The monoisotopic (exact) mass is 227 g/mol. The Morgan fingerprint density at radius 3 is 3.19 bits per heavy atom. The molecule has 0 radical (unpaired) electrons. The SMILES string of the molecule is COCCN=C1NC(=O)C2(CCCOC2)N1. The van der Waals surface area contributed by atoms with Crippen molar-refractivity contribution in [2.24, 2.45) is 4.99 Å². The Kier molecular flexibility index (Phi) is 3.40. The molecule has 2 aliphatic rings. The lowest BCUT2D eigenvalue weighted by Gasteiger charge is -2.30. The van der Waals surface area contributed by atoms with Crippen LogP contribution < -0.4 is 10.6 Å². The predicted octanol–water partition coefficient (Wildman–Crippen LogP) is -0.743. The Balaban J connectivity index is 1.97. The maximum absolute atomic E-state index is 11.8. The van der Waals surface area contributed by atoms with Crippen molar-refractivity contribution >= 4 is 11.9 Å². The molecular weight excluding hydrogens is 210 g/mol. The van der Waals surface area contributed by atoms with Crippen LogP contribution in [0, 0.1) is 0 Å². The first-order chi connectivity index (χ1) is 7.77. The number of carbonyl (C=O) groups excluding carboxylic acids is 1. The molecule has 2 fully saturated rings. The number of aliphatic imine (C=N–C) groups is 1. The molecule has 2 N–H and O–H groups in total. The summed E-state index contributed by atoms with van der Waals surface area (Å²) in [5.41, 5.74) is -0.593. The topological polar surface area (TPSA) is 72.0 Å². The smallest absolute Gasteiger partial charge is 0.254 e. The average molecular weight is 227 g/mol. The van der Waals surface area contributed by atoms with Crippen LogP contribution in [-0.2, 0) is 14.3 Å². The summed E-state index contributed by atoms with van der Waals surface area (Å²) in [4.78, 5) is 16.0. The van der Waals surface area contributed by atoms with E-state index in [1.165, 1.54) is 0 Å². The number of nitrogens with one attached hydrogen (secondary N) is 2. The van der Waals surface area contributed by atoms with Gasteiger partial charge in [0.2, 0.25) is 0 Å². The Morgan fingerprint density at radius 1 is 1.62 bits per heavy atom. The molecule has 6 nitrogen and oxygen atoms in total. The lowest BCUT2D eigenvalue weighted by molar-refractivity contribution is -0.128. The fourth-order valence-electron chi connectivity index (χ4n) is 1.94. The first kappa shape index (κ1) is 11.3. The number of hydrogen-bond acceptors (Lipinski definition) is 4. The molecule has 0 aromatic carbocycles. The molecule has 2 rings (SSSR count). The third-order valence-electron chi connectivity index (χ3n) is 2.83. The van der Waals surface area contributed by atoms with E-state index in [1.54, 1.807) is 7.11 Å². The number of nitrogens with zero attached hydrogens (tertiary/aromatic N) is 1. The van der Waals surface area contributed by atoms with Gasteiger partial charge in [-0.1, -0.05) is 0 Å². The molecule has 90 valence electrons. The van der Waals surface area contributed by atoms with Crippen molar-refractivity contribution in [2.75, 3.05) is 33.5 Å². The van der Waals surface area contributed by atoms with E-state index < -0.39 is 5.54 Å². The Morgan fingerprint density at radius 2 is 2.50 bits per heavy atom. The summed E-state index contributed by atoms with van der Waals surface area (Å²) in [6.45, 7) is 2.23. The van der Waals surface area contributed by atoms with Gasteiger partial charge in [0.1, 0.15) is 5.54 Å². The highest BCUT2D eigenvalue weighted by atomic mass is 16.5. The number of carbonyl (C=O) groups is 1. The summed E-state index contributed by atoms with van der Waals surface area (Å²) in [6, 6.07) is 0. The van der Waals surface area contributed by atoms with Crippen molar-refractivity contribution in [3.05, 3.63) is 0 Å². The molecule has 0 saturated carbocycles. The third-order valence-corrected chi connectivity index (χ3v) is 2.83. The molecular formula is C10H17N3O3. The minimum Gasteiger partial charge on any atom is -0.383 e. The first-order valence-corrected chi connectivity index (χ1v) is 5.48. The number of ether oxygens (including phenoxy) is 2. The van der Waals surface area contributed by atoms with Gasteiger partial charge in [-0.2, -0.15) is 0 Å². The Labute approximate surface area is 94.4 Å². The van der Waals surface area contributed by atoms with Crippen LogP contribution in [0.4, 0.5) is 0 Å². The van der Waals surface area contributed by atoms with E-state index in [-0.39, 0.29) is 5.91 Å². The van der Waals surface area contributed by atoms with Gasteiger partial charge in [-0.3, -0.25) is 15.1 Å². The maximum Gasteiger partial charge on any atom is 0.254 e. The maximum atomic E-state index is 11.8. The standard InChI is InChI=1S/C10H17N3O3/c1-15-6-4-11-9-12-8(14)10(13-9)3-2-5-16-7-10/h2-7H2,1H3,(H2,11,12,13,14). The van der Waals surface area contributed by atoms with Gasteiger partial charge in [0.05, 0.1) is 19.8 Å². The number of guanidine groups is 1. The van der Waals surface area contributed by atoms with Crippen molar-refractivity contribution in [3.63, 3.8) is 0 Å². The minimum absolute atomic E-state index is 0.0385. The fraction of sp³-hybridized carbons (Fsp3) is 0.800. The second-order valence-electron chi connectivity index (χ2n) is 4.04. The quantitative estimate of drug-likeness (QED) is 0.623. The van der Waals surface area contributed by atoms with E-state index in [0.717, 1.165) is 19.4 Å². The number of methoxy groups -OCH3 is 1. The van der Waals surface area contributed by atoms with Gasteiger partial charge in [-0.15, -0.1) is 0 Å². The van der Waals surface area contributed by atoms with Crippen molar-refractivity contribution in [1.29, 1.82) is 0 Å². The zero-order chi connectivity index (χ0) is 11.4. The van der Waals surface area contributed by atoms with E-state index >= 15 is 0 Å². The van der Waals surface area contributed by atoms with Crippen molar-refractivity contribution in [3.8, 4) is 0 Å². The number of rotatable bonds is 3. The highest BCUT2D eigenvalue weighted by Gasteiger charge is 2.46. The van der Waals surface area contributed by atoms with Gasteiger partial charge in [-0.05, 0) is 12.8 Å². The number of amides is 1. The molecule has 1 spiro atoms. The molecule has 0 aromatic heterocycles. The lowest BCUT2D eigenvalue weighted by atomic mass is 9.93. The largest absolute Gasteiger partial charge is 0.383 e. The molecule has 2 heterocycles. The Hall–Kier alpha value is -1.14. The summed E-state index contributed by atoms with van der Waals surface area (Å²) in [7, 11) is 1.62.